The molecule has 2 rings (SSSR count). The Morgan fingerprint density at radius 1 is 1.42 bits per heavy atom. The summed E-state index contributed by atoms with van der Waals surface area (Å²) in [5, 5.41) is 13.3. The summed E-state index contributed by atoms with van der Waals surface area (Å²) in [6.07, 6.45) is 0. The van der Waals surface area contributed by atoms with Crippen molar-refractivity contribution in [1.29, 1.82) is 0 Å². The van der Waals surface area contributed by atoms with Gasteiger partial charge in [-0.05, 0) is 24.6 Å². The molecule has 7 heteroatoms. The van der Waals surface area contributed by atoms with Gasteiger partial charge in [0.1, 0.15) is 16.1 Å². The largest absolute Gasteiger partial charge is 0.368 e. The molecule has 2 aromatic rings. The molecule has 3 N–H and O–H groups in total. The second-order valence-electron chi connectivity index (χ2n) is 3.98. The lowest BCUT2D eigenvalue weighted by Gasteiger charge is -2.14. The number of amides is 1. The van der Waals surface area contributed by atoms with Crippen molar-refractivity contribution in [2.45, 2.75) is 19.5 Å². The number of carbonyl (C=O) groups is 1. The highest BCUT2D eigenvalue weighted by Crippen LogP contribution is 2.17. The summed E-state index contributed by atoms with van der Waals surface area (Å²) >= 11 is 7.30. The molecule has 0 spiro atoms. The maximum Gasteiger partial charge on any atom is 0.239 e. The lowest BCUT2D eigenvalue weighted by Crippen LogP contribution is -2.33. The van der Waals surface area contributed by atoms with Crippen molar-refractivity contribution in [1.82, 2.24) is 15.5 Å². The van der Waals surface area contributed by atoms with Gasteiger partial charge in [-0.3, -0.25) is 10.1 Å². The molecule has 100 valence electrons. The highest BCUT2D eigenvalue weighted by atomic mass is 35.5. The molecule has 0 saturated carbocycles. The summed E-state index contributed by atoms with van der Waals surface area (Å²) in [5.41, 5.74) is 6.19. The van der Waals surface area contributed by atoms with Crippen molar-refractivity contribution < 1.29 is 4.79 Å². The summed E-state index contributed by atoms with van der Waals surface area (Å²) in [7, 11) is 0. The maximum absolute atomic E-state index is 11.5. The zero-order valence-corrected chi connectivity index (χ0v) is 11.8. The predicted octanol–water partition coefficient (Wildman–Crippen LogP) is 1.82. The van der Waals surface area contributed by atoms with Crippen LogP contribution in [0.2, 0.25) is 5.02 Å². The molecule has 0 fully saturated rings. The summed E-state index contributed by atoms with van der Waals surface area (Å²) in [6.45, 7) is 2.33. The number of primary amides is 1. The van der Waals surface area contributed by atoms with Gasteiger partial charge in [0.25, 0.3) is 0 Å². The zero-order valence-electron chi connectivity index (χ0n) is 10.3. The average molecular weight is 297 g/mol. The third kappa shape index (κ3) is 3.73. The standard InChI is InChI=1S/C12H13ClN4OS/c1-7-16-17-10(19-7)6-15-11(12(14)18)8-2-4-9(13)5-3-8/h2-5,11,15H,6H2,1H3,(H2,14,18). The molecule has 1 aromatic heterocycles. The molecule has 0 aliphatic carbocycles. The van der Waals surface area contributed by atoms with Crippen LogP contribution in [-0.2, 0) is 11.3 Å². The van der Waals surface area contributed by atoms with Crippen LogP contribution >= 0.6 is 22.9 Å². The van der Waals surface area contributed by atoms with Gasteiger partial charge in [0.05, 0.1) is 6.54 Å². The molecule has 19 heavy (non-hydrogen) atoms. The van der Waals surface area contributed by atoms with E-state index in [2.05, 4.69) is 15.5 Å². The Morgan fingerprint density at radius 2 is 2.11 bits per heavy atom. The molecule has 0 aliphatic rings. The van der Waals surface area contributed by atoms with Crippen LogP contribution < -0.4 is 11.1 Å². The molecule has 1 heterocycles. The van der Waals surface area contributed by atoms with Gasteiger partial charge in [-0.2, -0.15) is 0 Å². The fourth-order valence-corrected chi connectivity index (χ4v) is 2.42. The number of hydrogen-bond donors (Lipinski definition) is 2. The number of aromatic nitrogens is 2. The first-order valence-corrected chi connectivity index (χ1v) is 6.83. The number of aryl methyl sites for hydroxylation is 1. The zero-order chi connectivity index (χ0) is 13.8. The molecular weight excluding hydrogens is 284 g/mol. The van der Waals surface area contributed by atoms with Crippen molar-refractivity contribution in [3.8, 4) is 0 Å². The quantitative estimate of drug-likeness (QED) is 0.882. The molecule has 1 amide bonds. The normalized spacial score (nSPS) is 12.3. The van der Waals surface area contributed by atoms with Gasteiger partial charge in [0.2, 0.25) is 5.91 Å². The predicted molar refractivity (Wildman–Crippen MR) is 74.9 cm³/mol. The first kappa shape index (κ1) is 13.9. The number of nitrogens with zero attached hydrogens (tertiary/aromatic N) is 2. The van der Waals surface area contributed by atoms with E-state index in [1.54, 1.807) is 24.3 Å². The summed E-state index contributed by atoms with van der Waals surface area (Å²) in [6, 6.07) is 6.43. The maximum atomic E-state index is 11.5. The monoisotopic (exact) mass is 296 g/mol. The highest BCUT2D eigenvalue weighted by molar-refractivity contribution is 7.11. The molecule has 1 aromatic carbocycles. The SMILES string of the molecule is Cc1nnc(CNC(C(N)=O)c2ccc(Cl)cc2)s1. The molecular formula is C12H13ClN4OS. The number of halogens is 1. The van der Waals surface area contributed by atoms with Gasteiger partial charge in [-0.15, -0.1) is 21.5 Å². The van der Waals surface area contributed by atoms with Crippen molar-refractivity contribution in [3.05, 3.63) is 44.9 Å². The molecule has 0 radical (unpaired) electrons. The van der Waals surface area contributed by atoms with Crippen LogP contribution in [0.15, 0.2) is 24.3 Å². The fourth-order valence-electron chi connectivity index (χ4n) is 1.64. The minimum atomic E-state index is -0.568. The minimum absolute atomic E-state index is 0.441. The Bertz CT molecular complexity index is 569. The van der Waals surface area contributed by atoms with E-state index in [-0.39, 0.29) is 0 Å². The van der Waals surface area contributed by atoms with Gasteiger partial charge in [-0.25, -0.2) is 0 Å². The van der Waals surface area contributed by atoms with Crippen LogP contribution in [0.5, 0.6) is 0 Å². The van der Waals surface area contributed by atoms with E-state index in [9.17, 15) is 4.79 Å². The van der Waals surface area contributed by atoms with Crippen LogP contribution in [-0.4, -0.2) is 16.1 Å². The van der Waals surface area contributed by atoms with E-state index in [0.29, 0.717) is 11.6 Å². The topological polar surface area (TPSA) is 80.9 Å². The van der Waals surface area contributed by atoms with Gasteiger partial charge < -0.3 is 5.73 Å². The number of rotatable bonds is 5. The smallest absolute Gasteiger partial charge is 0.239 e. The number of benzene rings is 1. The molecule has 1 unspecified atom stereocenters. The van der Waals surface area contributed by atoms with E-state index in [4.69, 9.17) is 17.3 Å². The Labute approximate surface area is 119 Å². The van der Waals surface area contributed by atoms with Gasteiger partial charge in [0, 0.05) is 5.02 Å². The Balaban J connectivity index is 2.08. The Morgan fingerprint density at radius 3 is 2.63 bits per heavy atom. The molecule has 0 aliphatic heterocycles. The van der Waals surface area contributed by atoms with Gasteiger partial charge >= 0.3 is 0 Å². The third-order valence-corrected chi connectivity index (χ3v) is 3.60. The van der Waals surface area contributed by atoms with Crippen molar-refractivity contribution >= 4 is 28.8 Å². The fraction of sp³-hybridized carbons (Fsp3) is 0.250. The molecule has 5 nitrogen and oxygen atoms in total. The van der Waals surface area contributed by atoms with Crippen LogP contribution in [0.25, 0.3) is 0 Å². The van der Waals surface area contributed by atoms with E-state index >= 15 is 0 Å². The first-order valence-electron chi connectivity index (χ1n) is 5.63. The lowest BCUT2D eigenvalue weighted by atomic mass is 10.1. The highest BCUT2D eigenvalue weighted by Gasteiger charge is 2.17. The van der Waals surface area contributed by atoms with Crippen LogP contribution in [0.3, 0.4) is 0 Å². The lowest BCUT2D eigenvalue weighted by molar-refractivity contribution is -0.120. The third-order valence-electron chi connectivity index (χ3n) is 2.51. The Hall–Kier alpha value is -1.50. The van der Waals surface area contributed by atoms with Crippen LogP contribution in [0.1, 0.15) is 21.6 Å². The van der Waals surface area contributed by atoms with E-state index in [1.807, 2.05) is 6.92 Å². The van der Waals surface area contributed by atoms with Gasteiger partial charge in [-0.1, -0.05) is 23.7 Å². The minimum Gasteiger partial charge on any atom is -0.368 e. The molecule has 0 bridgehead atoms. The van der Waals surface area contributed by atoms with Crippen molar-refractivity contribution in [2.75, 3.05) is 0 Å². The number of hydrogen-bond acceptors (Lipinski definition) is 5. The second kappa shape index (κ2) is 6.10. The Kier molecular flexibility index (Phi) is 4.47. The summed E-state index contributed by atoms with van der Waals surface area (Å²) < 4.78 is 0. The number of carbonyl (C=O) groups excluding carboxylic acids is 1. The van der Waals surface area contributed by atoms with Crippen molar-refractivity contribution in [3.63, 3.8) is 0 Å². The second-order valence-corrected chi connectivity index (χ2v) is 5.69. The van der Waals surface area contributed by atoms with E-state index in [1.165, 1.54) is 11.3 Å². The first-order chi connectivity index (χ1) is 9.06. The summed E-state index contributed by atoms with van der Waals surface area (Å²) in [4.78, 5) is 11.5. The van der Waals surface area contributed by atoms with Crippen LogP contribution in [0, 0.1) is 6.92 Å². The average Bonchev–Trinajstić information content (AvgIpc) is 2.77. The molecule has 0 saturated heterocycles. The van der Waals surface area contributed by atoms with Crippen LogP contribution in [0.4, 0.5) is 0 Å². The number of nitrogens with one attached hydrogen (secondary N) is 1. The summed E-state index contributed by atoms with van der Waals surface area (Å²) in [5.74, 6) is -0.441. The number of nitrogens with two attached hydrogens (primary N) is 1. The van der Waals surface area contributed by atoms with E-state index < -0.39 is 11.9 Å². The molecule has 1 atom stereocenters. The van der Waals surface area contributed by atoms with Gasteiger partial charge in [0.15, 0.2) is 0 Å². The van der Waals surface area contributed by atoms with Crippen molar-refractivity contribution in [2.24, 2.45) is 5.73 Å². The van der Waals surface area contributed by atoms with E-state index in [0.717, 1.165) is 15.6 Å².